The molecule has 3 rings (SSSR count). The third-order valence-electron chi connectivity index (χ3n) is 4.47. The highest BCUT2D eigenvalue weighted by molar-refractivity contribution is 7.91. The molecule has 1 fully saturated rings. The number of nitrogens with one attached hydrogen (secondary N) is 1. The fraction of sp³-hybridized carbons (Fsp3) is 0.333. The van der Waals surface area contributed by atoms with Gasteiger partial charge in [-0.2, -0.15) is 0 Å². The second-order valence-corrected chi connectivity index (χ2v) is 8.64. The molecule has 1 N–H and O–H groups in total. The molecule has 27 heavy (non-hydrogen) atoms. The maximum Gasteiger partial charge on any atom is 0.270 e. The van der Waals surface area contributed by atoms with E-state index in [1.54, 1.807) is 25.4 Å². The predicted molar refractivity (Wildman–Crippen MR) is 98.8 cm³/mol. The van der Waals surface area contributed by atoms with E-state index in [4.69, 9.17) is 0 Å². The van der Waals surface area contributed by atoms with Gasteiger partial charge in [-0.1, -0.05) is 6.07 Å². The van der Waals surface area contributed by atoms with E-state index in [0.29, 0.717) is 17.7 Å². The van der Waals surface area contributed by atoms with Crippen molar-refractivity contribution in [2.24, 2.45) is 0 Å². The van der Waals surface area contributed by atoms with Gasteiger partial charge < -0.3 is 10.2 Å². The maximum atomic E-state index is 12.7. The molecule has 0 spiro atoms. The molecule has 0 bridgehead atoms. The Hall–Kier alpha value is -2.81. The molecule has 2 aromatic rings. The van der Waals surface area contributed by atoms with Crippen LogP contribution < -0.4 is 5.32 Å². The van der Waals surface area contributed by atoms with Crippen LogP contribution in [0.2, 0.25) is 0 Å². The van der Waals surface area contributed by atoms with E-state index >= 15 is 0 Å². The van der Waals surface area contributed by atoms with Crippen LogP contribution in [0.1, 0.15) is 33.0 Å². The second-order valence-electron chi connectivity index (χ2n) is 6.41. The molecule has 3 heterocycles. The fourth-order valence-corrected chi connectivity index (χ4v) is 4.68. The average Bonchev–Trinajstić information content (AvgIpc) is 3.05. The zero-order chi connectivity index (χ0) is 19.4. The zero-order valence-electron chi connectivity index (χ0n) is 14.8. The first-order valence-electron chi connectivity index (χ1n) is 8.47. The van der Waals surface area contributed by atoms with E-state index < -0.39 is 15.7 Å². The van der Waals surface area contributed by atoms with Crippen molar-refractivity contribution < 1.29 is 18.0 Å². The Labute approximate surface area is 157 Å². The Kier molecular flexibility index (Phi) is 5.50. The lowest BCUT2D eigenvalue weighted by molar-refractivity contribution is 0.0747. The molecule has 0 radical (unpaired) electrons. The number of carbonyl (C=O) groups is 2. The van der Waals surface area contributed by atoms with Crippen LogP contribution in [0.4, 0.5) is 0 Å². The molecule has 2 amide bonds. The first-order chi connectivity index (χ1) is 12.9. The van der Waals surface area contributed by atoms with E-state index in [2.05, 4.69) is 15.3 Å². The van der Waals surface area contributed by atoms with Crippen molar-refractivity contribution >= 4 is 21.7 Å². The van der Waals surface area contributed by atoms with E-state index in [1.807, 2.05) is 6.07 Å². The number of carbonyl (C=O) groups excluding carboxylic acids is 2. The summed E-state index contributed by atoms with van der Waals surface area (Å²) in [6.45, 7) is 0.249. The largest absolute Gasteiger partial charge is 0.345 e. The van der Waals surface area contributed by atoms with Crippen LogP contribution in [0, 0.1) is 0 Å². The number of nitrogens with zero attached hydrogens (tertiary/aromatic N) is 3. The summed E-state index contributed by atoms with van der Waals surface area (Å²) >= 11 is 0. The van der Waals surface area contributed by atoms with Crippen molar-refractivity contribution in [3.8, 4) is 0 Å². The zero-order valence-corrected chi connectivity index (χ0v) is 15.6. The molecule has 142 valence electrons. The molecule has 0 saturated carbocycles. The van der Waals surface area contributed by atoms with Crippen LogP contribution in [0.15, 0.2) is 42.7 Å². The van der Waals surface area contributed by atoms with E-state index in [0.717, 1.165) is 0 Å². The highest BCUT2D eigenvalue weighted by atomic mass is 32.2. The van der Waals surface area contributed by atoms with Crippen molar-refractivity contribution in [2.45, 2.75) is 19.0 Å². The van der Waals surface area contributed by atoms with Gasteiger partial charge in [0, 0.05) is 31.0 Å². The van der Waals surface area contributed by atoms with Gasteiger partial charge in [0.2, 0.25) is 0 Å². The van der Waals surface area contributed by atoms with E-state index in [1.165, 1.54) is 23.2 Å². The minimum Gasteiger partial charge on any atom is -0.345 e. The minimum atomic E-state index is -3.09. The Bertz CT molecular complexity index is 947. The topological polar surface area (TPSA) is 109 Å². The standard InChI is InChI=1S/C18H20N4O4S/c1-22(15-6-9-27(25,26)12-15)18(24)13-5-8-20-16(10-13)17(23)21-11-14-4-2-3-7-19-14/h2-5,7-8,10,15H,6,9,11-12H2,1H3,(H,21,23). The lowest BCUT2D eigenvalue weighted by Crippen LogP contribution is -2.38. The molecule has 0 aliphatic carbocycles. The number of hydrogen-bond acceptors (Lipinski definition) is 6. The molecule has 1 aliphatic heterocycles. The summed E-state index contributed by atoms with van der Waals surface area (Å²) in [6.07, 6.45) is 3.45. The van der Waals surface area contributed by atoms with Gasteiger partial charge in [-0.05, 0) is 30.7 Å². The smallest absolute Gasteiger partial charge is 0.270 e. The summed E-state index contributed by atoms with van der Waals surface area (Å²) in [7, 11) is -1.51. The SMILES string of the molecule is CN(C(=O)c1ccnc(C(=O)NCc2ccccn2)c1)C1CCS(=O)(=O)C1. The molecule has 2 aromatic heterocycles. The highest BCUT2D eigenvalue weighted by Gasteiger charge is 2.33. The Balaban J connectivity index is 1.67. The molecule has 1 aliphatic rings. The van der Waals surface area contributed by atoms with Gasteiger partial charge in [0.15, 0.2) is 9.84 Å². The molecule has 0 aromatic carbocycles. The normalized spacial score (nSPS) is 18.0. The number of pyridine rings is 2. The predicted octanol–water partition coefficient (Wildman–Crippen LogP) is 0.666. The van der Waals surface area contributed by atoms with Gasteiger partial charge >= 0.3 is 0 Å². The Morgan fingerprint density at radius 3 is 2.70 bits per heavy atom. The maximum absolute atomic E-state index is 12.7. The quantitative estimate of drug-likeness (QED) is 0.806. The van der Waals surface area contributed by atoms with Crippen LogP contribution >= 0.6 is 0 Å². The fourth-order valence-electron chi connectivity index (χ4n) is 2.90. The average molecular weight is 388 g/mol. The lowest BCUT2D eigenvalue weighted by atomic mass is 10.1. The van der Waals surface area contributed by atoms with Crippen molar-refractivity contribution in [1.29, 1.82) is 0 Å². The molecule has 1 unspecified atom stereocenters. The summed E-state index contributed by atoms with van der Waals surface area (Å²) in [5.74, 6) is -0.690. The number of aromatic nitrogens is 2. The lowest BCUT2D eigenvalue weighted by Gasteiger charge is -2.23. The van der Waals surface area contributed by atoms with Gasteiger partial charge in [-0.3, -0.25) is 19.6 Å². The van der Waals surface area contributed by atoms with Crippen LogP contribution in [0.5, 0.6) is 0 Å². The van der Waals surface area contributed by atoms with Crippen LogP contribution in [-0.2, 0) is 16.4 Å². The summed E-state index contributed by atoms with van der Waals surface area (Å²) in [5.41, 5.74) is 1.12. The van der Waals surface area contributed by atoms with Crippen LogP contribution in [0.3, 0.4) is 0 Å². The Morgan fingerprint density at radius 2 is 2.04 bits per heavy atom. The number of hydrogen-bond donors (Lipinski definition) is 1. The Morgan fingerprint density at radius 1 is 1.22 bits per heavy atom. The van der Waals surface area contributed by atoms with Crippen molar-refractivity contribution in [3.63, 3.8) is 0 Å². The van der Waals surface area contributed by atoms with Crippen LogP contribution in [-0.4, -0.2) is 59.7 Å². The monoisotopic (exact) mass is 388 g/mol. The third-order valence-corrected chi connectivity index (χ3v) is 6.22. The van der Waals surface area contributed by atoms with Gasteiger partial charge in [0.05, 0.1) is 23.7 Å². The number of amides is 2. The molecule has 8 nitrogen and oxygen atoms in total. The van der Waals surface area contributed by atoms with Crippen molar-refractivity contribution in [2.75, 3.05) is 18.6 Å². The van der Waals surface area contributed by atoms with E-state index in [-0.39, 0.29) is 35.7 Å². The third kappa shape index (κ3) is 4.68. The summed E-state index contributed by atoms with van der Waals surface area (Å²) < 4.78 is 23.3. The van der Waals surface area contributed by atoms with Gasteiger partial charge in [-0.15, -0.1) is 0 Å². The minimum absolute atomic E-state index is 0.0300. The van der Waals surface area contributed by atoms with Gasteiger partial charge in [0.25, 0.3) is 11.8 Å². The number of rotatable bonds is 5. The highest BCUT2D eigenvalue weighted by Crippen LogP contribution is 2.18. The first-order valence-corrected chi connectivity index (χ1v) is 10.3. The van der Waals surface area contributed by atoms with Crippen molar-refractivity contribution in [1.82, 2.24) is 20.2 Å². The molecule has 9 heteroatoms. The molecular formula is C18H20N4O4S. The summed E-state index contributed by atoms with van der Waals surface area (Å²) in [4.78, 5) is 34.5. The molecule has 1 saturated heterocycles. The summed E-state index contributed by atoms with van der Waals surface area (Å²) in [6, 6.07) is 7.97. The van der Waals surface area contributed by atoms with Gasteiger partial charge in [-0.25, -0.2) is 8.42 Å². The summed E-state index contributed by atoms with van der Waals surface area (Å²) in [5, 5.41) is 2.71. The molecular weight excluding hydrogens is 368 g/mol. The van der Waals surface area contributed by atoms with E-state index in [9.17, 15) is 18.0 Å². The van der Waals surface area contributed by atoms with Crippen LogP contribution in [0.25, 0.3) is 0 Å². The molecule has 1 atom stereocenters. The van der Waals surface area contributed by atoms with Crippen molar-refractivity contribution in [3.05, 3.63) is 59.7 Å². The van der Waals surface area contributed by atoms with Gasteiger partial charge in [0.1, 0.15) is 5.69 Å². The first kappa shape index (κ1) is 19.0. The second kappa shape index (κ2) is 7.83. The number of sulfone groups is 1.